The van der Waals surface area contributed by atoms with E-state index in [1.165, 1.54) is 48.7 Å². The number of aromatic nitrogens is 3. The number of halogens is 4. The third kappa shape index (κ3) is 4.54. The summed E-state index contributed by atoms with van der Waals surface area (Å²) in [6.45, 7) is 0.0337. The molecular weight excluding hydrogens is 514 g/mol. The number of hydrogen-bond acceptors (Lipinski definition) is 5. The van der Waals surface area contributed by atoms with Gasteiger partial charge in [-0.15, -0.1) is 0 Å². The van der Waals surface area contributed by atoms with Gasteiger partial charge in [-0.1, -0.05) is 6.07 Å². The highest BCUT2D eigenvalue weighted by atomic mass is 19.4. The van der Waals surface area contributed by atoms with Crippen LogP contribution in [0, 0.1) is 5.82 Å². The van der Waals surface area contributed by atoms with E-state index in [0.717, 1.165) is 0 Å². The van der Waals surface area contributed by atoms with Gasteiger partial charge in [-0.25, -0.2) is 9.37 Å². The minimum atomic E-state index is -4.55. The first-order chi connectivity index (χ1) is 18.6. The van der Waals surface area contributed by atoms with Crippen molar-refractivity contribution < 1.29 is 27.1 Å². The highest BCUT2D eigenvalue weighted by Gasteiger charge is 2.53. The lowest BCUT2D eigenvalue weighted by Gasteiger charge is -2.27. The van der Waals surface area contributed by atoms with Crippen molar-refractivity contribution in [3.8, 4) is 11.5 Å². The average molecular weight is 536 g/mol. The molecule has 3 aromatic heterocycles. The van der Waals surface area contributed by atoms with Crippen molar-refractivity contribution in [3.05, 3.63) is 101 Å². The SMILES string of the molecule is NC(=O)c1ccnc(-c2ncc3c(C4=CC(C5(Nc6ccc(F)cc6)CO5)=C(C(F)(F)F)CC4)cccn23)c1. The molecular formula is C28H21F4N5O2. The Balaban J connectivity index is 1.43. The molecule has 0 saturated carbocycles. The zero-order valence-corrected chi connectivity index (χ0v) is 20.3. The van der Waals surface area contributed by atoms with E-state index in [1.807, 2.05) is 6.07 Å². The summed E-state index contributed by atoms with van der Waals surface area (Å²) in [5.41, 5.74) is 6.57. The normalized spacial score (nSPS) is 19.2. The molecule has 1 amide bonds. The highest BCUT2D eigenvalue weighted by Crippen LogP contribution is 2.48. The molecule has 1 atom stereocenters. The minimum absolute atomic E-state index is 0.00172. The van der Waals surface area contributed by atoms with E-state index in [2.05, 4.69) is 15.3 Å². The number of fused-ring (bicyclic) bond motifs is 1. The van der Waals surface area contributed by atoms with Gasteiger partial charge in [0.1, 0.15) is 18.1 Å². The lowest BCUT2D eigenvalue weighted by atomic mass is 9.85. The number of anilines is 1. The minimum Gasteiger partial charge on any atom is -0.366 e. The van der Waals surface area contributed by atoms with Gasteiger partial charge in [-0.05, 0) is 67.0 Å². The molecule has 1 saturated heterocycles. The average Bonchev–Trinajstić information content (AvgIpc) is 3.57. The van der Waals surface area contributed by atoms with Crippen molar-refractivity contribution in [2.45, 2.75) is 24.7 Å². The first-order valence-corrected chi connectivity index (χ1v) is 12.1. The Morgan fingerprint density at radius 1 is 1.10 bits per heavy atom. The number of rotatable bonds is 6. The third-order valence-electron chi connectivity index (χ3n) is 6.88. The number of benzene rings is 1. The maximum Gasteiger partial charge on any atom is 0.413 e. The van der Waals surface area contributed by atoms with E-state index in [-0.39, 0.29) is 30.6 Å². The Labute approximate surface area is 219 Å². The molecule has 0 radical (unpaired) electrons. The van der Waals surface area contributed by atoms with Gasteiger partial charge in [0, 0.05) is 40.4 Å². The fourth-order valence-corrected chi connectivity index (χ4v) is 4.92. The Bertz CT molecular complexity index is 1670. The van der Waals surface area contributed by atoms with E-state index in [1.54, 1.807) is 22.9 Å². The molecule has 1 aliphatic heterocycles. The summed E-state index contributed by atoms with van der Waals surface area (Å²) in [6.07, 6.45) is 1.75. The van der Waals surface area contributed by atoms with Gasteiger partial charge in [-0.2, -0.15) is 13.2 Å². The number of hydrogen-bond donors (Lipinski definition) is 2. The number of nitrogens with two attached hydrogens (primary N) is 1. The van der Waals surface area contributed by atoms with Gasteiger partial charge < -0.3 is 15.8 Å². The van der Waals surface area contributed by atoms with Crippen molar-refractivity contribution >= 4 is 22.7 Å². The molecule has 198 valence electrons. The van der Waals surface area contributed by atoms with Gasteiger partial charge in [0.15, 0.2) is 11.5 Å². The number of amides is 1. The van der Waals surface area contributed by atoms with Crippen LogP contribution in [0.4, 0.5) is 23.2 Å². The van der Waals surface area contributed by atoms with E-state index in [0.29, 0.717) is 33.9 Å². The second-order valence-corrected chi connectivity index (χ2v) is 9.36. The number of ether oxygens (including phenoxy) is 1. The van der Waals surface area contributed by atoms with Crippen LogP contribution in [0.1, 0.15) is 28.8 Å². The fourth-order valence-electron chi connectivity index (χ4n) is 4.92. The Morgan fingerprint density at radius 2 is 1.87 bits per heavy atom. The van der Waals surface area contributed by atoms with Crippen molar-refractivity contribution in [2.75, 3.05) is 11.9 Å². The smallest absolute Gasteiger partial charge is 0.366 e. The van der Waals surface area contributed by atoms with Gasteiger partial charge in [0.2, 0.25) is 5.91 Å². The van der Waals surface area contributed by atoms with Gasteiger partial charge >= 0.3 is 6.18 Å². The third-order valence-corrected chi connectivity index (χ3v) is 6.88. The predicted molar refractivity (Wildman–Crippen MR) is 136 cm³/mol. The molecule has 0 bridgehead atoms. The van der Waals surface area contributed by atoms with E-state index in [4.69, 9.17) is 10.5 Å². The number of pyridine rings is 2. The van der Waals surface area contributed by atoms with Crippen LogP contribution < -0.4 is 11.1 Å². The predicted octanol–water partition coefficient (Wildman–Crippen LogP) is 5.51. The zero-order valence-electron chi connectivity index (χ0n) is 20.3. The van der Waals surface area contributed by atoms with Crippen molar-refractivity contribution in [3.63, 3.8) is 0 Å². The summed E-state index contributed by atoms with van der Waals surface area (Å²) in [5.74, 6) is -0.595. The number of primary amides is 1. The highest BCUT2D eigenvalue weighted by molar-refractivity contribution is 5.93. The number of nitrogens with one attached hydrogen (secondary N) is 1. The topological polar surface area (TPSA) is 97.8 Å². The Kier molecular flexibility index (Phi) is 5.76. The summed E-state index contributed by atoms with van der Waals surface area (Å²) in [7, 11) is 0. The number of nitrogens with zero attached hydrogens (tertiary/aromatic N) is 3. The van der Waals surface area contributed by atoms with Crippen LogP contribution in [-0.2, 0) is 4.74 Å². The molecule has 0 spiro atoms. The van der Waals surface area contributed by atoms with Crippen molar-refractivity contribution in [2.24, 2.45) is 5.73 Å². The Hall–Kier alpha value is -4.51. The van der Waals surface area contributed by atoms with E-state index in [9.17, 15) is 22.4 Å². The lowest BCUT2D eigenvalue weighted by Crippen LogP contribution is -2.31. The van der Waals surface area contributed by atoms with Gasteiger partial charge in [0.25, 0.3) is 0 Å². The largest absolute Gasteiger partial charge is 0.413 e. The number of alkyl halides is 3. The van der Waals surface area contributed by atoms with E-state index >= 15 is 0 Å². The first-order valence-electron chi connectivity index (χ1n) is 12.1. The van der Waals surface area contributed by atoms with Gasteiger partial charge in [-0.3, -0.25) is 14.2 Å². The molecule has 39 heavy (non-hydrogen) atoms. The second kappa shape index (κ2) is 9.05. The summed E-state index contributed by atoms with van der Waals surface area (Å²) in [4.78, 5) is 20.4. The number of carbonyl (C=O) groups is 1. The summed E-state index contributed by atoms with van der Waals surface area (Å²) in [6, 6.07) is 12.0. The molecule has 1 fully saturated rings. The quantitative estimate of drug-likeness (QED) is 0.251. The number of carbonyl (C=O) groups excluding carboxylic acids is 1. The van der Waals surface area contributed by atoms with Crippen molar-refractivity contribution in [1.29, 1.82) is 0 Å². The summed E-state index contributed by atoms with van der Waals surface area (Å²) >= 11 is 0. The van der Waals surface area contributed by atoms with Crippen LogP contribution in [-0.4, -0.2) is 38.8 Å². The second-order valence-electron chi connectivity index (χ2n) is 9.36. The maximum absolute atomic E-state index is 14.1. The van der Waals surface area contributed by atoms with Crippen LogP contribution >= 0.6 is 0 Å². The molecule has 6 rings (SSSR count). The zero-order chi connectivity index (χ0) is 27.4. The number of epoxide rings is 1. The monoisotopic (exact) mass is 535 g/mol. The molecule has 1 aromatic carbocycles. The molecule has 7 nitrogen and oxygen atoms in total. The number of imidazole rings is 1. The number of allylic oxidation sites excluding steroid dienone is 2. The van der Waals surface area contributed by atoms with Crippen LogP contribution in [0.2, 0.25) is 0 Å². The molecule has 3 N–H and O–H groups in total. The van der Waals surface area contributed by atoms with Crippen LogP contribution in [0.25, 0.3) is 22.6 Å². The molecule has 1 aliphatic carbocycles. The van der Waals surface area contributed by atoms with Crippen LogP contribution in [0.5, 0.6) is 0 Å². The standard InChI is InChI=1S/C28H21F4N5O2/c29-18-4-6-19(7-5-18)36-27(15-39-27)22-12-16(3-8-21(22)28(30,31)32)20-2-1-11-37-24(20)14-35-26(37)23-13-17(25(33)38)9-10-34-23/h1-2,4-7,9-14,36H,3,8,15H2,(H2,33,38). The summed E-state index contributed by atoms with van der Waals surface area (Å²) < 4.78 is 63.1. The molecule has 4 aromatic rings. The van der Waals surface area contributed by atoms with Crippen LogP contribution in [0.15, 0.2) is 84.3 Å². The van der Waals surface area contributed by atoms with Gasteiger partial charge in [0.05, 0.1) is 11.7 Å². The summed E-state index contributed by atoms with van der Waals surface area (Å²) in [5, 5.41) is 3.02. The molecule has 1 unspecified atom stereocenters. The Morgan fingerprint density at radius 3 is 2.56 bits per heavy atom. The lowest BCUT2D eigenvalue weighted by molar-refractivity contribution is -0.0952. The maximum atomic E-state index is 14.1. The first kappa shape index (κ1) is 24.8. The molecule has 2 aliphatic rings. The fraction of sp³-hybridized carbons (Fsp3) is 0.179. The molecule has 11 heteroatoms. The van der Waals surface area contributed by atoms with Crippen LogP contribution in [0.3, 0.4) is 0 Å². The van der Waals surface area contributed by atoms with Crippen molar-refractivity contribution in [1.82, 2.24) is 14.4 Å². The van der Waals surface area contributed by atoms with E-state index < -0.39 is 29.2 Å². The molecule has 4 heterocycles.